The second kappa shape index (κ2) is 11.5. The Kier molecular flexibility index (Phi) is 8.00. The van der Waals surface area contributed by atoms with Crippen molar-refractivity contribution in [2.24, 2.45) is 0 Å². The number of ketones is 1. The van der Waals surface area contributed by atoms with Crippen LogP contribution in [0.4, 0.5) is 4.79 Å². The highest BCUT2D eigenvalue weighted by atomic mass is 32.2. The van der Waals surface area contributed by atoms with Crippen molar-refractivity contribution in [2.75, 3.05) is 14.2 Å². The van der Waals surface area contributed by atoms with Crippen LogP contribution in [0.5, 0.6) is 5.75 Å². The third kappa shape index (κ3) is 6.23. The number of imide groups is 1. The van der Waals surface area contributed by atoms with Crippen molar-refractivity contribution in [2.45, 2.75) is 6.54 Å². The molecule has 0 saturated carbocycles. The molecule has 0 aliphatic carbocycles. The second-order valence-electron chi connectivity index (χ2n) is 8.05. The Hall–Kier alpha value is -4.43. The van der Waals surface area contributed by atoms with E-state index < -0.39 is 5.97 Å². The van der Waals surface area contributed by atoms with E-state index in [1.54, 1.807) is 67.8 Å². The van der Waals surface area contributed by atoms with Gasteiger partial charge in [0, 0.05) is 5.56 Å². The van der Waals surface area contributed by atoms with E-state index in [0.29, 0.717) is 21.8 Å². The molecule has 1 aliphatic heterocycles. The molecular weight excluding hydrogens is 490 g/mol. The summed E-state index contributed by atoms with van der Waals surface area (Å²) in [5.74, 6) is -0.355. The van der Waals surface area contributed by atoms with Crippen LogP contribution in [-0.4, -0.2) is 42.0 Å². The largest absolute Gasteiger partial charge is 0.497 e. The number of nitrogens with zero attached hydrogens (tertiary/aromatic N) is 1. The molecule has 186 valence electrons. The monoisotopic (exact) mass is 513 g/mol. The van der Waals surface area contributed by atoms with Crippen LogP contribution in [0.15, 0.2) is 83.8 Å². The summed E-state index contributed by atoms with van der Waals surface area (Å²) in [5.41, 5.74) is 3.21. The predicted octanol–water partition coefficient (Wildman–Crippen LogP) is 5.61. The molecule has 1 fully saturated rings. The summed E-state index contributed by atoms with van der Waals surface area (Å²) in [6.07, 6.45) is 4.87. The van der Waals surface area contributed by atoms with Crippen molar-refractivity contribution < 1.29 is 28.7 Å². The van der Waals surface area contributed by atoms with Crippen molar-refractivity contribution in [1.29, 1.82) is 0 Å². The van der Waals surface area contributed by atoms with E-state index in [9.17, 15) is 19.2 Å². The number of rotatable bonds is 8. The van der Waals surface area contributed by atoms with E-state index in [0.717, 1.165) is 28.5 Å². The molecule has 4 rings (SSSR count). The summed E-state index contributed by atoms with van der Waals surface area (Å²) in [6.45, 7) is 0.106. The molecule has 0 spiro atoms. The Morgan fingerprint density at radius 2 is 1.59 bits per heavy atom. The predicted molar refractivity (Wildman–Crippen MR) is 142 cm³/mol. The van der Waals surface area contributed by atoms with Crippen molar-refractivity contribution in [3.05, 3.63) is 112 Å². The number of thioether (sulfide) groups is 1. The van der Waals surface area contributed by atoms with Crippen LogP contribution in [0.3, 0.4) is 0 Å². The normalized spacial score (nSPS) is 14.4. The number of allylic oxidation sites excluding steroid dienone is 1. The molecule has 0 radical (unpaired) electrons. The lowest BCUT2D eigenvalue weighted by molar-refractivity contribution is -0.123. The van der Waals surface area contributed by atoms with Crippen molar-refractivity contribution in [1.82, 2.24) is 4.90 Å². The standard InChI is InChI=1S/C29H23NO6S/c1-35-24-5-3-4-23(17-24)25(31)15-12-19-6-8-20(9-7-19)16-26-27(32)30(29(34)37-26)18-21-10-13-22(14-11-21)28(33)36-2/h3-17H,18H2,1-2H3/b15-12+,26-16-. The number of esters is 1. The number of amides is 2. The lowest BCUT2D eigenvalue weighted by Crippen LogP contribution is -2.27. The molecule has 0 bridgehead atoms. The summed E-state index contributed by atoms with van der Waals surface area (Å²) in [6, 6.07) is 20.8. The zero-order valence-corrected chi connectivity index (χ0v) is 21.0. The van der Waals surface area contributed by atoms with E-state index >= 15 is 0 Å². The van der Waals surface area contributed by atoms with Gasteiger partial charge < -0.3 is 9.47 Å². The molecule has 0 unspecified atom stereocenters. The summed E-state index contributed by atoms with van der Waals surface area (Å²) >= 11 is 0.882. The van der Waals surface area contributed by atoms with Crippen LogP contribution in [0.1, 0.15) is 37.4 Å². The van der Waals surface area contributed by atoms with E-state index in [1.807, 2.05) is 24.3 Å². The molecule has 1 aliphatic rings. The quantitative estimate of drug-likeness (QED) is 0.220. The van der Waals surface area contributed by atoms with Crippen LogP contribution < -0.4 is 4.74 Å². The fourth-order valence-corrected chi connectivity index (χ4v) is 4.42. The third-order valence-corrected chi connectivity index (χ3v) is 6.51. The van der Waals surface area contributed by atoms with Gasteiger partial charge in [0.05, 0.1) is 31.2 Å². The zero-order chi connectivity index (χ0) is 26.4. The van der Waals surface area contributed by atoms with Gasteiger partial charge in [0.1, 0.15) is 5.75 Å². The van der Waals surface area contributed by atoms with Crippen molar-refractivity contribution >= 4 is 46.8 Å². The Labute approximate surface area is 218 Å². The van der Waals surface area contributed by atoms with Crippen LogP contribution in [0.2, 0.25) is 0 Å². The molecule has 0 aromatic heterocycles. The Bertz CT molecular complexity index is 1410. The van der Waals surface area contributed by atoms with Gasteiger partial charge in [-0.05, 0) is 64.9 Å². The average Bonchev–Trinajstić information content (AvgIpc) is 3.19. The zero-order valence-electron chi connectivity index (χ0n) is 20.2. The molecule has 3 aromatic rings. The van der Waals surface area contributed by atoms with E-state index in [2.05, 4.69) is 4.74 Å². The lowest BCUT2D eigenvalue weighted by Gasteiger charge is -2.12. The van der Waals surface area contributed by atoms with Gasteiger partial charge in [-0.3, -0.25) is 19.3 Å². The number of benzene rings is 3. The van der Waals surface area contributed by atoms with Gasteiger partial charge in [-0.1, -0.05) is 54.6 Å². The highest BCUT2D eigenvalue weighted by Crippen LogP contribution is 2.33. The minimum absolute atomic E-state index is 0.106. The van der Waals surface area contributed by atoms with E-state index in [-0.39, 0.29) is 23.5 Å². The van der Waals surface area contributed by atoms with E-state index in [4.69, 9.17) is 4.74 Å². The topological polar surface area (TPSA) is 90.0 Å². The number of carbonyl (C=O) groups excluding carboxylic acids is 4. The number of hydrogen-bond acceptors (Lipinski definition) is 7. The molecule has 8 heteroatoms. The van der Waals surface area contributed by atoms with Crippen LogP contribution in [0.25, 0.3) is 12.2 Å². The molecule has 2 amide bonds. The fraction of sp³-hybridized carbons (Fsp3) is 0.103. The molecule has 37 heavy (non-hydrogen) atoms. The first kappa shape index (κ1) is 25.7. The molecular formula is C29H23NO6S. The maximum atomic E-state index is 12.9. The second-order valence-corrected chi connectivity index (χ2v) is 9.05. The summed E-state index contributed by atoms with van der Waals surface area (Å²) < 4.78 is 9.84. The molecule has 1 saturated heterocycles. The first-order valence-electron chi connectivity index (χ1n) is 11.3. The fourth-order valence-electron chi connectivity index (χ4n) is 3.58. The minimum Gasteiger partial charge on any atom is -0.497 e. The highest BCUT2D eigenvalue weighted by molar-refractivity contribution is 8.18. The maximum absolute atomic E-state index is 12.9. The van der Waals surface area contributed by atoms with Crippen molar-refractivity contribution in [3.63, 3.8) is 0 Å². The molecule has 1 heterocycles. The molecule has 0 atom stereocenters. The highest BCUT2D eigenvalue weighted by Gasteiger charge is 2.35. The van der Waals surface area contributed by atoms with Gasteiger partial charge in [0.15, 0.2) is 5.78 Å². The van der Waals surface area contributed by atoms with E-state index in [1.165, 1.54) is 18.1 Å². The van der Waals surface area contributed by atoms with Gasteiger partial charge in [-0.15, -0.1) is 0 Å². The number of methoxy groups -OCH3 is 2. The first-order valence-corrected chi connectivity index (χ1v) is 12.1. The Balaban J connectivity index is 1.40. The van der Waals surface area contributed by atoms with Crippen LogP contribution in [0, 0.1) is 0 Å². The SMILES string of the molecule is COC(=O)c1ccc(CN2C(=O)S/C(=C\c3ccc(/C=C/C(=O)c4cccc(OC)c4)cc3)C2=O)cc1. The van der Waals surface area contributed by atoms with Gasteiger partial charge >= 0.3 is 5.97 Å². The summed E-state index contributed by atoms with van der Waals surface area (Å²) in [5, 5.41) is -0.357. The van der Waals surface area contributed by atoms with Crippen LogP contribution in [-0.2, 0) is 16.1 Å². The Morgan fingerprint density at radius 3 is 2.27 bits per heavy atom. The number of carbonyl (C=O) groups is 4. The first-order chi connectivity index (χ1) is 17.9. The van der Waals surface area contributed by atoms with Crippen LogP contribution >= 0.6 is 11.8 Å². The molecule has 0 N–H and O–H groups in total. The number of ether oxygens (including phenoxy) is 2. The lowest BCUT2D eigenvalue weighted by atomic mass is 10.1. The molecule has 7 nitrogen and oxygen atoms in total. The minimum atomic E-state index is -0.453. The van der Waals surface area contributed by atoms with Gasteiger partial charge in [0.25, 0.3) is 11.1 Å². The number of hydrogen-bond donors (Lipinski definition) is 0. The average molecular weight is 514 g/mol. The van der Waals surface area contributed by atoms with Crippen molar-refractivity contribution in [3.8, 4) is 5.75 Å². The smallest absolute Gasteiger partial charge is 0.337 e. The van der Waals surface area contributed by atoms with Gasteiger partial charge in [0.2, 0.25) is 0 Å². The van der Waals surface area contributed by atoms with Gasteiger partial charge in [-0.25, -0.2) is 4.79 Å². The molecule has 3 aromatic carbocycles. The maximum Gasteiger partial charge on any atom is 0.337 e. The summed E-state index contributed by atoms with van der Waals surface area (Å²) in [7, 11) is 2.85. The third-order valence-electron chi connectivity index (χ3n) is 5.60. The summed E-state index contributed by atoms with van der Waals surface area (Å²) in [4.78, 5) is 50.8. The van der Waals surface area contributed by atoms with Gasteiger partial charge in [-0.2, -0.15) is 0 Å². The Morgan fingerprint density at radius 1 is 0.892 bits per heavy atom.